The molecule has 1 rings (SSSR count). The van der Waals surface area contributed by atoms with Gasteiger partial charge in [-0.2, -0.15) is 0 Å². The highest BCUT2D eigenvalue weighted by Gasteiger charge is 1.97. The van der Waals surface area contributed by atoms with Gasteiger partial charge in [-0.15, -0.1) is 0 Å². The number of carbonyl (C=O) groups is 1. The van der Waals surface area contributed by atoms with Gasteiger partial charge in [0.15, 0.2) is 5.78 Å². The van der Waals surface area contributed by atoms with E-state index in [-0.39, 0.29) is 5.78 Å². The SMILES string of the molecule is O=[C]C=CC(=O)c1ccccc1. The van der Waals surface area contributed by atoms with Gasteiger partial charge in [-0.3, -0.25) is 9.59 Å². The molecule has 0 aliphatic rings. The first kappa shape index (κ1) is 8.40. The number of hydrogen-bond acceptors (Lipinski definition) is 2. The maximum Gasteiger partial charge on any atom is 0.225 e. The Morgan fingerprint density at radius 1 is 1.25 bits per heavy atom. The van der Waals surface area contributed by atoms with Crippen molar-refractivity contribution in [2.75, 3.05) is 0 Å². The van der Waals surface area contributed by atoms with Crippen molar-refractivity contribution < 1.29 is 9.59 Å². The fourth-order valence-corrected chi connectivity index (χ4v) is 0.808. The molecular formula is C10H7O2. The molecule has 2 nitrogen and oxygen atoms in total. The van der Waals surface area contributed by atoms with Gasteiger partial charge in [0, 0.05) is 5.56 Å². The van der Waals surface area contributed by atoms with Crippen LogP contribution in [0.3, 0.4) is 0 Å². The minimum Gasteiger partial charge on any atom is -0.289 e. The zero-order chi connectivity index (χ0) is 8.81. The Bertz CT molecular complexity index is 299. The van der Waals surface area contributed by atoms with Crippen molar-refractivity contribution in [2.45, 2.75) is 0 Å². The van der Waals surface area contributed by atoms with Crippen LogP contribution in [0.25, 0.3) is 0 Å². The molecule has 0 N–H and O–H groups in total. The summed E-state index contributed by atoms with van der Waals surface area (Å²) in [6.07, 6.45) is 3.78. The Morgan fingerprint density at radius 3 is 2.50 bits per heavy atom. The summed E-state index contributed by atoms with van der Waals surface area (Å²) in [6.45, 7) is 0. The van der Waals surface area contributed by atoms with Crippen LogP contribution in [0, 0.1) is 0 Å². The van der Waals surface area contributed by atoms with E-state index in [1.165, 1.54) is 12.4 Å². The maximum absolute atomic E-state index is 11.1. The Balaban J connectivity index is 2.79. The number of benzene rings is 1. The molecule has 0 fully saturated rings. The number of carbonyl (C=O) groups excluding carboxylic acids is 2. The Morgan fingerprint density at radius 2 is 1.92 bits per heavy atom. The van der Waals surface area contributed by atoms with Gasteiger partial charge in [0.2, 0.25) is 6.29 Å². The van der Waals surface area contributed by atoms with E-state index in [0.29, 0.717) is 5.56 Å². The molecule has 1 radical (unpaired) electrons. The summed E-state index contributed by atoms with van der Waals surface area (Å²) in [5.74, 6) is -0.182. The summed E-state index contributed by atoms with van der Waals surface area (Å²) >= 11 is 0. The van der Waals surface area contributed by atoms with Crippen LogP contribution in [0.5, 0.6) is 0 Å². The molecule has 1 aromatic carbocycles. The van der Waals surface area contributed by atoms with Crippen LogP contribution in [-0.2, 0) is 4.79 Å². The van der Waals surface area contributed by atoms with Crippen LogP contribution < -0.4 is 0 Å². The van der Waals surface area contributed by atoms with Gasteiger partial charge in [0.1, 0.15) is 0 Å². The Kier molecular flexibility index (Phi) is 2.96. The molecular weight excluding hydrogens is 152 g/mol. The molecule has 0 aromatic heterocycles. The molecule has 1 aromatic rings. The van der Waals surface area contributed by atoms with Gasteiger partial charge < -0.3 is 0 Å². The predicted molar refractivity (Wildman–Crippen MR) is 45.6 cm³/mol. The molecule has 0 aliphatic heterocycles. The quantitative estimate of drug-likeness (QED) is 0.495. The van der Waals surface area contributed by atoms with Crippen molar-refractivity contribution in [3.63, 3.8) is 0 Å². The monoisotopic (exact) mass is 159 g/mol. The lowest BCUT2D eigenvalue weighted by Gasteiger charge is -1.91. The van der Waals surface area contributed by atoms with E-state index in [9.17, 15) is 9.59 Å². The minimum absolute atomic E-state index is 0.182. The van der Waals surface area contributed by atoms with Gasteiger partial charge in [-0.25, -0.2) is 0 Å². The lowest BCUT2D eigenvalue weighted by atomic mass is 10.1. The fourth-order valence-electron chi connectivity index (χ4n) is 0.808. The Labute approximate surface area is 70.5 Å². The highest BCUT2D eigenvalue weighted by atomic mass is 16.1. The second-order valence-corrected chi connectivity index (χ2v) is 2.18. The van der Waals surface area contributed by atoms with Crippen molar-refractivity contribution in [2.24, 2.45) is 0 Å². The van der Waals surface area contributed by atoms with Crippen LogP contribution >= 0.6 is 0 Å². The second-order valence-electron chi connectivity index (χ2n) is 2.18. The minimum atomic E-state index is -0.182. The molecule has 0 heterocycles. The van der Waals surface area contributed by atoms with Gasteiger partial charge in [0.25, 0.3) is 0 Å². The summed E-state index contributed by atoms with van der Waals surface area (Å²) < 4.78 is 0. The molecule has 0 bridgehead atoms. The molecule has 0 saturated carbocycles. The number of ketones is 1. The highest BCUT2D eigenvalue weighted by molar-refractivity contribution is 6.05. The van der Waals surface area contributed by atoms with Crippen molar-refractivity contribution in [1.29, 1.82) is 0 Å². The van der Waals surface area contributed by atoms with E-state index in [4.69, 9.17) is 0 Å². The van der Waals surface area contributed by atoms with Crippen molar-refractivity contribution in [3.8, 4) is 0 Å². The number of allylic oxidation sites excluding steroid dienone is 2. The number of hydrogen-bond donors (Lipinski definition) is 0. The smallest absolute Gasteiger partial charge is 0.225 e. The van der Waals surface area contributed by atoms with Crippen LogP contribution in [0.15, 0.2) is 42.5 Å². The molecule has 2 heteroatoms. The summed E-state index contributed by atoms with van der Waals surface area (Å²) in [6, 6.07) is 8.75. The molecule has 0 unspecified atom stereocenters. The van der Waals surface area contributed by atoms with Gasteiger partial charge in [-0.05, 0) is 12.2 Å². The summed E-state index contributed by atoms with van der Waals surface area (Å²) in [7, 11) is 0. The third-order valence-corrected chi connectivity index (χ3v) is 1.36. The average molecular weight is 159 g/mol. The number of rotatable bonds is 3. The van der Waals surface area contributed by atoms with Gasteiger partial charge in [-0.1, -0.05) is 30.3 Å². The van der Waals surface area contributed by atoms with Gasteiger partial charge >= 0.3 is 0 Å². The maximum atomic E-state index is 11.1. The van der Waals surface area contributed by atoms with E-state index in [0.717, 1.165) is 6.08 Å². The van der Waals surface area contributed by atoms with E-state index in [2.05, 4.69) is 0 Å². The first-order valence-electron chi connectivity index (χ1n) is 3.48. The second kappa shape index (κ2) is 4.23. The predicted octanol–water partition coefficient (Wildman–Crippen LogP) is 1.54. The molecule has 0 aliphatic carbocycles. The van der Waals surface area contributed by atoms with Crippen LogP contribution in [0.2, 0.25) is 0 Å². The van der Waals surface area contributed by atoms with E-state index >= 15 is 0 Å². The summed E-state index contributed by atoms with van der Waals surface area (Å²) in [5.41, 5.74) is 0.573. The molecule has 0 saturated heterocycles. The standard InChI is InChI=1S/C10H7O2/c11-8-4-7-10(12)9-5-2-1-3-6-9/h1-7H. The zero-order valence-electron chi connectivity index (χ0n) is 6.36. The van der Waals surface area contributed by atoms with E-state index < -0.39 is 0 Å². The molecule has 0 spiro atoms. The summed E-state index contributed by atoms with van der Waals surface area (Å²) in [4.78, 5) is 20.9. The van der Waals surface area contributed by atoms with Crippen molar-refractivity contribution in [1.82, 2.24) is 0 Å². The Hall–Kier alpha value is -1.70. The normalized spacial score (nSPS) is 10.0. The molecule has 0 amide bonds. The molecule has 12 heavy (non-hydrogen) atoms. The fraction of sp³-hybridized carbons (Fsp3) is 0. The third-order valence-electron chi connectivity index (χ3n) is 1.36. The van der Waals surface area contributed by atoms with Crippen molar-refractivity contribution in [3.05, 3.63) is 48.0 Å². The van der Waals surface area contributed by atoms with E-state index in [1.54, 1.807) is 24.3 Å². The summed E-state index contributed by atoms with van der Waals surface area (Å²) in [5, 5.41) is 0. The van der Waals surface area contributed by atoms with Crippen LogP contribution in [-0.4, -0.2) is 12.1 Å². The lowest BCUT2D eigenvalue weighted by Crippen LogP contribution is -1.92. The lowest BCUT2D eigenvalue weighted by molar-refractivity contribution is 0.104. The topological polar surface area (TPSA) is 34.1 Å². The van der Waals surface area contributed by atoms with Crippen LogP contribution in [0.1, 0.15) is 10.4 Å². The van der Waals surface area contributed by atoms with Gasteiger partial charge in [0.05, 0.1) is 0 Å². The first-order valence-corrected chi connectivity index (χ1v) is 3.48. The third kappa shape index (κ3) is 2.16. The zero-order valence-corrected chi connectivity index (χ0v) is 6.36. The molecule has 0 atom stereocenters. The van der Waals surface area contributed by atoms with E-state index in [1.807, 2.05) is 6.07 Å². The first-order chi connectivity index (χ1) is 5.84. The van der Waals surface area contributed by atoms with Crippen molar-refractivity contribution >= 4 is 12.1 Å². The van der Waals surface area contributed by atoms with Crippen LogP contribution in [0.4, 0.5) is 0 Å². The molecule has 59 valence electrons. The largest absolute Gasteiger partial charge is 0.289 e. The average Bonchev–Trinajstić information content (AvgIpc) is 2.15. The highest BCUT2D eigenvalue weighted by Crippen LogP contribution is 1.99.